The van der Waals surface area contributed by atoms with E-state index in [1.54, 1.807) is 37.5 Å². The smallest absolute Gasteiger partial charge is 0.325 e. The van der Waals surface area contributed by atoms with E-state index in [-0.39, 0.29) is 6.61 Å². The third-order valence-electron chi connectivity index (χ3n) is 2.75. The van der Waals surface area contributed by atoms with Gasteiger partial charge in [0.05, 0.1) is 7.11 Å². The van der Waals surface area contributed by atoms with E-state index >= 15 is 0 Å². The van der Waals surface area contributed by atoms with Crippen LogP contribution in [0.1, 0.15) is 5.56 Å². The first-order chi connectivity index (χ1) is 9.11. The van der Waals surface area contributed by atoms with Crippen molar-refractivity contribution in [1.29, 1.82) is 0 Å². The van der Waals surface area contributed by atoms with Crippen molar-refractivity contribution in [2.45, 2.75) is 0 Å². The van der Waals surface area contributed by atoms with Gasteiger partial charge in [0.1, 0.15) is 5.75 Å². The third kappa shape index (κ3) is 2.88. The Kier molecular flexibility index (Phi) is 3.75. The fourth-order valence-corrected chi connectivity index (χ4v) is 1.70. The van der Waals surface area contributed by atoms with E-state index in [1.165, 1.54) is 6.08 Å². The molecule has 0 aliphatic carbocycles. The van der Waals surface area contributed by atoms with Crippen molar-refractivity contribution >= 4 is 23.6 Å². The van der Waals surface area contributed by atoms with Crippen LogP contribution in [0.2, 0.25) is 0 Å². The highest BCUT2D eigenvalue weighted by molar-refractivity contribution is 6.24. The fourth-order valence-electron chi connectivity index (χ4n) is 1.70. The number of carbonyl (C=O) groups excluding carboxylic acids is 3. The molecule has 1 aliphatic rings. The van der Waals surface area contributed by atoms with Gasteiger partial charge in [-0.05, 0) is 23.8 Å². The molecule has 5 nitrogen and oxygen atoms in total. The number of hydrogen-bond acceptors (Lipinski definition) is 5. The lowest BCUT2D eigenvalue weighted by Crippen LogP contribution is -2.23. The minimum atomic E-state index is -1.30. The number of methoxy groups -OCH3 is 1. The standard InChI is InChI=1S/C14H12O5/c1-18-10-5-2-9(3-6-10)4-7-11(15)13-12(16)8-19-14(13)17/h2-7,13H,8H2,1H3/b7-4+/t13-/m1/s1. The van der Waals surface area contributed by atoms with Crippen LogP contribution in [0.4, 0.5) is 0 Å². The number of benzene rings is 1. The summed E-state index contributed by atoms with van der Waals surface area (Å²) in [5, 5.41) is 0. The normalized spacial score (nSPS) is 18.7. The Balaban J connectivity index is 2.07. The molecule has 1 fully saturated rings. The lowest BCUT2D eigenvalue weighted by Gasteiger charge is -2.00. The molecular weight excluding hydrogens is 248 g/mol. The van der Waals surface area contributed by atoms with Gasteiger partial charge >= 0.3 is 5.97 Å². The summed E-state index contributed by atoms with van der Waals surface area (Å²) >= 11 is 0. The summed E-state index contributed by atoms with van der Waals surface area (Å²) in [5.74, 6) is -2.40. The highest BCUT2D eigenvalue weighted by atomic mass is 16.5. The third-order valence-corrected chi connectivity index (χ3v) is 2.75. The number of ether oxygens (including phenoxy) is 2. The summed E-state index contributed by atoms with van der Waals surface area (Å²) in [6, 6.07) is 7.02. The van der Waals surface area contributed by atoms with Gasteiger partial charge in [-0.3, -0.25) is 14.4 Å². The molecule has 0 aromatic heterocycles. The fraction of sp³-hybridized carbons (Fsp3) is 0.214. The zero-order valence-corrected chi connectivity index (χ0v) is 10.3. The molecule has 0 N–H and O–H groups in total. The molecule has 0 amide bonds. The Morgan fingerprint density at radius 2 is 2.00 bits per heavy atom. The average molecular weight is 260 g/mol. The number of cyclic esters (lactones) is 1. The van der Waals surface area contributed by atoms with E-state index in [2.05, 4.69) is 4.74 Å². The largest absolute Gasteiger partial charge is 0.497 e. The van der Waals surface area contributed by atoms with Crippen molar-refractivity contribution in [3.05, 3.63) is 35.9 Å². The van der Waals surface area contributed by atoms with Crippen molar-refractivity contribution in [1.82, 2.24) is 0 Å². The molecule has 0 saturated carbocycles. The lowest BCUT2D eigenvalue weighted by atomic mass is 10.0. The minimum Gasteiger partial charge on any atom is -0.497 e. The van der Waals surface area contributed by atoms with Crippen LogP contribution in [-0.2, 0) is 19.1 Å². The van der Waals surface area contributed by atoms with Crippen LogP contribution >= 0.6 is 0 Å². The maximum absolute atomic E-state index is 11.7. The predicted molar refractivity (Wildman–Crippen MR) is 66.5 cm³/mol. The molecule has 0 spiro atoms. The number of Topliss-reactive ketones (excluding diaryl/α,β-unsaturated/α-hetero) is 1. The monoisotopic (exact) mass is 260 g/mol. The molecule has 1 aliphatic heterocycles. The quantitative estimate of drug-likeness (QED) is 0.459. The molecule has 1 atom stereocenters. The van der Waals surface area contributed by atoms with E-state index in [0.717, 1.165) is 5.56 Å². The van der Waals surface area contributed by atoms with Gasteiger partial charge in [-0.15, -0.1) is 0 Å². The van der Waals surface area contributed by atoms with Gasteiger partial charge in [0.25, 0.3) is 0 Å². The molecule has 1 saturated heterocycles. The maximum Gasteiger partial charge on any atom is 0.325 e. The maximum atomic E-state index is 11.7. The number of rotatable bonds is 4. The van der Waals surface area contributed by atoms with Gasteiger partial charge in [0, 0.05) is 0 Å². The van der Waals surface area contributed by atoms with Gasteiger partial charge in [0.15, 0.2) is 24.1 Å². The molecule has 19 heavy (non-hydrogen) atoms. The van der Waals surface area contributed by atoms with Crippen molar-refractivity contribution in [3.8, 4) is 5.75 Å². The summed E-state index contributed by atoms with van der Waals surface area (Å²) in [4.78, 5) is 34.2. The Labute approximate surface area is 109 Å². The summed E-state index contributed by atoms with van der Waals surface area (Å²) in [7, 11) is 1.56. The van der Waals surface area contributed by atoms with Crippen LogP contribution in [-0.4, -0.2) is 31.3 Å². The van der Waals surface area contributed by atoms with Crippen molar-refractivity contribution in [3.63, 3.8) is 0 Å². The van der Waals surface area contributed by atoms with E-state index in [4.69, 9.17) is 4.74 Å². The van der Waals surface area contributed by atoms with Crippen LogP contribution in [0, 0.1) is 5.92 Å². The Morgan fingerprint density at radius 3 is 2.53 bits per heavy atom. The lowest BCUT2D eigenvalue weighted by molar-refractivity contribution is -0.143. The van der Waals surface area contributed by atoms with Gasteiger partial charge in [-0.25, -0.2) is 0 Å². The zero-order valence-electron chi connectivity index (χ0n) is 10.3. The second-order valence-electron chi connectivity index (χ2n) is 4.02. The van der Waals surface area contributed by atoms with Crippen LogP contribution in [0.25, 0.3) is 6.08 Å². The van der Waals surface area contributed by atoms with Crippen LogP contribution in [0.3, 0.4) is 0 Å². The van der Waals surface area contributed by atoms with E-state index in [1.807, 2.05) is 0 Å². The molecule has 0 unspecified atom stereocenters. The second kappa shape index (κ2) is 5.48. The van der Waals surface area contributed by atoms with E-state index in [9.17, 15) is 14.4 Å². The average Bonchev–Trinajstić information content (AvgIpc) is 2.76. The molecule has 0 bridgehead atoms. The van der Waals surface area contributed by atoms with Gasteiger partial charge in [-0.1, -0.05) is 18.2 Å². The van der Waals surface area contributed by atoms with Crippen LogP contribution < -0.4 is 4.74 Å². The summed E-state index contributed by atoms with van der Waals surface area (Å²) < 4.78 is 9.53. The molecule has 5 heteroatoms. The van der Waals surface area contributed by atoms with Crippen molar-refractivity contribution < 1.29 is 23.9 Å². The highest BCUT2D eigenvalue weighted by Crippen LogP contribution is 2.15. The number of ketones is 2. The van der Waals surface area contributed by atoms with Crippen LogP contribution in [0.15, 0.2) is 30.3 Å². The molecule has 0 radical (unpaired) electrons. The predicted octanol–water partition coefficient (Wildman–Crippen LogP) is 1.02. The van der Waals surface area contributed by atoms with Gasteiger partial charge < -0.3 is 9.47 Å². The Bertz CT molecular complexity index is 525. The summed E-state index contributed by atoms with van der Waals surface area (Å²) in [6.07, 6.45) is 2.76. The second-order valence-corrected chi connectivity index (χ2v) is 4.02. The highest BCUT2D eigenvalue weighted by Gasteiger charge is 2.39. The van der Waals surface area contributed by atoms with Gasteiger partial charge in [0.2, 0.25) is 0 Å². The minimum absolute atomic E-state index is 0.314. The molecule has 1 aromatic carbocycles. The SMILES string of the molecule is COc1ccc(/C=C/C(=O)[C@@H]2C(=O)COC2=O)cc1. The first-order valence-corrected chi connectivity index (χ1v) is 5.67. The number of carbonyl (C=O) groups is 3. The van der Waals surface area contributed by atoms with E-state index < -0.39 is 23.5 Å². The molecule has 1 heterocycles. The zero-order chi connectivity index (χ0) is 13.8. The van der Waals surface area contributed by atoms with Crippen molar-refractivity contribution in [2.75, 3.05) is 13.7 Å². The molecule has 1 aromatic rings. The Hall–Kier alpha value is -2.43. The number of esters is 1. The molecular formula is C14H12O5. The van der Waals surface area contributed by atoms with Crippen LogP contribution in [0.5, 0.6) is 5.75 Å². The number of allylic oxidation sites excluding steroid dienone is 1. The first-order valence-electron chi connectivity index (χ1n) is 5.67. The van der Waals surface area contributed by atoms with Crippen molar-refractivity contribution in [2.24, 2.45) is 5.92 Å². The van der Waals surface area contributed by atoms with E-state index in [0.29, 0.717) is 5.75 Å². The molecule has 2 rings (SSSR count). The Morgan fingerprint density at radius 1 is 1.32 bits per heavy atom. The topological polar surface area (TPSA) is 69.7 Å². The van der Waals surface area contributed by atoms with Gasteiger partial charge in [-0.2, -0.15) is 0 Å². The summed E-state index contributed by atoms with van der Waals surface area (Å²) in [5.41, 5.74) is 0.771. The molecule has 98 valence electrons. The first kappa shape index (κ1) is 13.0. The number of hydrogen-bond donors (Lipinski definition) is 0. The summed E-state index contributed by atoms with van der Waals surface area (Å²) in [6.45, 7) is -0.314.